The lowest BCUT2D eigenvalue weighted by atomic mass is 10.2. The highest BCUT2D eigenvalue weighted by molar-refractivity contribution is 7.16. The quantitative estimate of drug-likeness (QED) is 0.854. The predicted octanol–water partition coefficient (Wildman–Crippen LogP) is 3.37. The molecule has 2 nitrogen and oxygen atoms in total. The van der Waals surface area contributed by atoms with Crippen molar-refractivity contribution in [3.05, 3.63) is 21.3 Å². The SMILES string of the molecule is CCCN(Cc1ccc(Cl)s1)CC1CCCN1. The van der Waals surface area contributed by atoms with Crippen LogP contribution in [0.4, 0.5) is 0 Å². The molecular weight excluding hydrogens is 252 g/mol. The van der Waals surface area contributed by atoms with Gasteiger partial charge in [0, 0.05) is 24.0 Å². The molecule has 1 unspecified atom stereocenters. The molecule has 96 valence electrons. The minimum absolute atomic E-state index is 0.692. The zero-order valence-electron chi connectivity index (χ0n) is 10.4. The topological polar surface area (TPSA) is 15.3 Å². The highest BCUT2D eigenvalue weighted by Crippen LogP contribution is 2.23. The van der Waals surface area contributed by atoms with E-state index in [4.69, 9.17) is 11.6 Å². The summed E-state index contributed by atoms with van der Waals surface area (Å²) in [4.78, 5) is 3.92. The maximum atomic E-state index is 5.98. The fourth-order valence-electron chi connectivity index (χ4n) is 2.43. The molecule has 1 saturated heterocycles. The van der Waals surface area contributed by atoms with Crippen LogP contribution in [0.15, 0.2) is 12.1 Å². The monoisotopic (exact) mass is 272 g/mol. The Labute approximate surface area is 113 Å². The number of hydrogen-bond donors (Lipinski definition) is 1. The van der Waals surface area contributed by atoms with Crippen molar-refractivity contribution in [3.63, 3.8) is 0 Å². The first-order valence-corrected chi connectivity index (χ1v) is 7.67. The van der Waals surface area contributed by atoms with Gasteiger partial charge >= 0.3 is 0 Å². The van der Waals surface area contributed by atoms with Crippen LogP contribution in [0.1, 0.15) is 31.1 Å². The van der Waals surface area contributed by atoms with Crippen molar-refractivity contribution in [2.45, 2.75) is 38.8 Å². The molecular formula is C13H21ClN2S. The van der Waals surface area contributed by atoms with Crippen molar-refractivity contribution in [2.75, 3.05) is 19.6 Å². The van der Waals surface area contributed by atoms with Gasteiger partial charge in [-0.15, -0.1) is 11.3 Å². The van der Waals surface area contributed by atoms with Gasteiger partial charge in [0.15, 0.2) is 0 Å². The van der Waals surface area contributed by atoms with E-state index in [1.165, 1.54) is 43.8 Å². The van der Waals surface area contributed by atoms with Gasteiger partial charge in [-0.1, -0.05) is 18.5 Å². The maximum Gasteiger partial charge on any atom is 0.0931 e. The molecule has 1 N–H and O–H groups in total. The van der Waals surface area contributed by atoms with Gasteiger partial charge in [-0.05, 0) is 44.5 Å². The second-order valence-corrected chi connectivity index (χ2v) is 6.53. The van der Waals surface area contributed by atoms with E-state index in [9.17, 15) is 0 Å². The summed E-state index contributed by atoms with van der Waals surface area (Å²) in [5.74, 6) is 0. The largest absolute Gasteiger partial charge is 0.313 e. The second-order valence-electron chi connectivity index (χ2n) is 4.73. The van der Waals surface area contributed by atoms with E-state index in [2.05, 4.69) is 23.2 Å². The Morgan fingerprint density at radius 2 is 2.41 bits per heavy atom. The van der Waals surface area contributed by atoms with E-state index < -0.39 is 0 Å². The van der Waals surface area contributed by atoms with E-state index in [0.29, 0.717) is 6.04 Å². The number of rotatable bonds is 6. The van der Waals surface area contributed by atoms with Gasteiger partial charge < -0.3 is 5.32 Å². The third-order valence-corrected chi connectivity index (χ3v) is 4.40. The van der Waals surface area contributed by atoms with Gasteiger partial charge in [0.05, 0.1) is 4.34 Å². The number of hydrogen-bond acceptors (Lipinski definition) is 3. The van der Waals surface area contributed by atoms with Crippen LogP contribution in [0.5, 0.6) is 0 Å². The molecule has 0 aromatic carbocycles. The Morgan fingerprint density at radius 3 is 3.00 bits per heavy atom. The van der Waals surface area contributed by atoms with Gasteiger partial charge in [-0.3, -0.25) is 4.90 Å². The molecule has 17 heavy (non-hydrogen) atoms. The predicted molar refractivity (Wildman–Crippen MR) is 75.9 cm³/mol. The normalized spacial score (nSPS) is 20.3. The van der Waals surface area contributed by atoms with Gasteiger partial charge in [0.2, 0.25) is 0 Å². The van der Waals surface area contributed by atoms with Gasteiger partial charge in [0.25, 0.3) is 0 Å². The number of halogens is 1. The number of nitrogens with zero attached hydrogens (tertiary/aromatic N) is 1. The lowest BCUT2D eigenvalue weighted by Crippen LogP contribution is -2.37. The molecule has 2 rings (SSSR count). The second kappa shape index (κ2) is 6.74. The average Bonchev–Trinajstić information content (AvgIpc) is 2.91. The first-order chi connectivity index (χ1) is 8.28. The minimum Gasteiger partial charge on any atom is -0.313 e. The van der Waals surface area contributed by atoms with E-state index >= 15 is 0 Å². The molecule has 0 radical (unpaired) electrons. The Morgan fingerprint density at radius 1 is 1.53 bits per heavy atom. The number of nitrogens with one attached hydrogen (secondary N) is 1. The van der Waals surface area contributed by atoms with Gasteiger partial charge in [-0.25, -0.2) is 0 Å². The molecule has 4 heteroatoms. The molecule has 0 aliphatic carbocycles. The lowest BCUT2D eigenvalue weighted by molar-refractivity contribution is 0.243. The highest BCUT2D eigenvalue weighted by Gasteiger charge is 2.17. The highest BCUT2D eigenvalue weighted by atomic mass is 35.5. The van der Waals surface area contributed by atoms with Crippen LogP contribution in [0.25, 0.3) is 0 Å². The average molecular weight is 273 g/mol. The summed E-state index contributed by atoms with van der Waals surface area (Å²) < 4.78 is 0.899. The van der Waals surface area contributed by atoms with Crippen LogP contribution in [0, 0.1) is 0 Å². The Kier molecular flexibility index (Phi) is 5.29. The molecule has 1 fully saturated rings. The van der Waals surface area contributed by atoms with Crippen LogP contribution in [-0.2, 0) is 6.54 Å². The smallest absolute Gasteiger partial charge is 0.0931 e. The van der Waals surface area contributed by atoms with Crippen molar-refractivity contribution >= 4 is 22.9 Å². The third-order valence-electron chi connectivity index (χ3n) is 3.19. The number of thiophene rings is 1. The van der Waals surface area contributed by atoms with Gasteiger partial charge in [0.1, 0.15) is 0 Å². The zero-order chi connectivity index (χ0) is 12.1. The lowest BCUT2D eigenvalue weighted by Gasteiger charge is -2.24. The van der Waals surface area contributed by atoms with Crippen LogP contribution in [0.3, 0.4) is 0 Å². The summed E-state index contributed by atoms with van der Waals surface area (Å²) in [7, 11) is 0. The van der Waals surface area contributed by atoms with Crippen molar-refractivity contribution in [1.29, 1.82) is 0 Å². The van der Waals surface area contributed by atoms with Crippen molar-refractivity contribution in [3.8, 4) is 0 Å². The van der Waals surface area contributed by atoms with Crippen LogP contribution in [-0.4, -0.2) is 30.6 Å². The summed E-state index contributed by atoms with van der Waals surface area (Å²) in [5.41, 5.74) is 0. The molecule has 1 aromatic rings. The third kappa shape index (κ3) is 4.25. The molecule has 2 heterocycles. The first-order valence-electron chi connectivity index (χ1n) is 6.48. The standard InChI is InChI=1S/C13H21ClN2S/c1-2-8-16(9-11-4-3-7-15-11)10-12-5-6-13(14)17-12/h5-6,11,15H,2-4,7-10H2,1H3. The summed E-state index contributed by atoms with van der Waals surface area (Å²) in [6.45, 7) is 6.83. The van der Waals surface area contributed by atoms with Crippen LogP contribution >= 0.6 is 22.9 Å². The fraction of sp³-hybridized carbons (Fsp3) is 0.692. The maximum absolute atomic E-state index is 5.98. The van der Waals surface area contributed by atoms with Crippen LogP contribution < -0.4 is 5.32 Å². The molecule has 1 aromatic heterocycles. The van der Waals surface area contributed by atoms with Crippen molar-refractivity contribution < 1.29 is 0 Å². The molecule has 0 bridgehead atoms. The van der Waals surface area contributed by atoms with Crippen LogP contribution in [0.2, 0.25) is 4.34 Å². The first kappa shape index (κ1) is 13.3. The summed E-state index contributed by atoms with van der Waals surface area (Å²) in [5, 5.41) is 3.57. The fourth-order valence-corrected chi connectivity index (χ4v) is 3.56. The minimum atomic E-state index is 0.692. The van der Waals surface area contributed by atoms with E-state index in [1.54, 1.807) is 11.3 Å². The van der Waals surface area contributed by atoms with Crippen molar-refractivity contribution in [2.24, 2.45) is 0 Å². The van der Waals surface area contributed by atoms with E-state index in [0.717, 1.165) is 10.9 Å². The summed E-state index contributed by atoms with van der Waals surface area (Å²) in [6.07, 6.45) is 3.87. The van der Waals surface area contributed by atoms with Crippen molar-refractivity contribution in [1.82, 2.24) is 10.2 Å². The summed E-state index contributed by atoms with van der Waals surface area (Å²) >= 11 is 7.68. The summed E-state index contributed by atoms with van der Waals surface area (Å²) in [6, 6.07) is 4.84. The Balaban J connectivity index is 1.87. The zero-order valence-corrected chi connectivity index (χ0v) is 12.0. The molecule has 0 spiro atoms. The Hall–Kier alpha value is -0.0900. The molecule has 1 atom stereocenters. The van der Waals surface area contributed by atoms with Gasteiger partial charge in [-0.2, -0.15) is 0 Å². The van der Waals surface area contributed by atoms with E-state index in [-0.39, 0.29) is 0 Å². The van der Waals surface area contributed by atoms with E-state index in [1.807, 2.05) is 6.07 Å². The molecule has 0 amide bonds. The molecule has 0 saturated carbocycles. The molecule has 1 aliphatic rings. The molecule has 1 aliphatic heterocycles. The Bertz CT molecular complexity index is 334.